The molecule has 0 aliphatic rings. The largest absolute Gasteiger partial charge is 0.465 e. The molecule has 2 rings (SSSR count). The first kappa shape index (κ1) is 17.1. The SMILES string of the molecule is COC(=O)c1c(C)nn(CC(=O)Nc2cccc(SC)c2)c1C. The van der Waals surface area contributed by atoms with Gasteiger partial charge in [-0.2, -0.15) is 5.10 Å². The Morgan fingerprint density at radius 3 is 2.74 bits per heavy atom. The van der Waals surface area contributed by atoms with Crippen molar-refractivity contribution in [2.75, 3.05) is 18.7 Å². The molecule has 23 heavy (non-hydrogen) atoms. The van der Waals surface area contributed by atoms with Gasteiger partial charge in [0, 0.05) is 10.6 Å². The van der Waals surface area contributed by atoms with Crippen molar-refractivity contribution >= 4 is 29.3 Å². The molecule has 6 nitrogen and oxygen atoms in total. The van der Waals surface area contributed by atoms with Crippen LogP contribution in [0.1, 0.15) is 21.7 Å². The molecule has 1 N–H and O–H groups in total. The highest BCUT2D eigenvalue weighted by atomic mass is 32.2. The minimum atomic E-state index is -0.445. The first-order valence-corrected chi connectivity index (χ1v) is 8.25. The van der Waals surface area contributed by atoms with Crippen molar-refractivity contribution < 1.29 is 14.3 Å². The third kappa shape index (κ3) is 3.92. The summed E-state index contributed by atoms with van der Waals surface area (Å²) in [4.78, 5) is 25.0. The standard InChI is InChI=1S/C16H19N3O3S/c1-10-15(16(21)22-3)11(2)19(18-10)9-14(20)17-12-6-5-7-13(8-12)23-4/h5-8H,9H2,1-4H3,(H,17,20). The number of thioether (sulfide) groups is 1. The summed E-state index contributed by atoms with van der Waals surface area (Å²) >= 11 is 1.61. The van der Waals surface area contributed by atoms with E-state index in [1.54, 1.807) is 25.6 Å². The molecule has 1 aromatic carbocycles. The van der Waals surface area contributed by atoms with Crippen LogP contribution in [-0.4, -0.2) is 35.0 Å². The molecule has 1 heterocycles. The van der Waals surface area contributed by atoms with E-state index < -0.39 is 5.97 Å². The lowest BCUT2D eigenvalue weighted by molar-refractivity contribution is -0.116. The topological polar surface area (TPSA) is 73.2 Å². The fraction of sp³-hybridized carbons (Fsp3) is 0.312. The number of aryl methyl sites for hydroxylation is 1. The van der Waals surface area contributed by atoms with Gasteiger partial charge in [-0.3, -0.25) is 9.48 Å². The maximum atomic E-state index is 12.2. The van der Waals surface area contributed by atoms with Gasteiger partial charge < -0.3 is 10.1 Å². The monoisotopic (exact) mass is 333 g/mol. The molecule has 0 bridgehead atoms. The normalized spacial score (nSPS) is 10.4. The third-order valence-electron chi connectivity index (χ3n) is 3.42. The zero-order chi connectivity index (χ0) is 17.0. The van der Waals surface area contributed by atoms with Crippen LogP contribution in [0.4, 0.5) is 5.69 Å². The fourth-order valence-corrected chi connectivity index (χ4v) is 2.75. The van der Waals surface area contributed by atoms with Crippen LogP contribution in [0.2, 0.25) is 0 Å². The summed E-state index contributed by atoms with van der Waals surface area (Å²) in [5.74, 6) is -0.649. The molecule has 0 atom stereocenters. The molecular formula is C16H19N3O3S. The number of nitrogens with zero attached hydrogens (tertiary/aromatic N) is 2. The minimum Gasteiger partial charge on any atom is -0.465 e. The Bertz CT molecular complexity index is 740. The number of hydrogen-bond acceptors (Lipinski definition) is 5. The third-order valence-corrected chi connectivity index (χ3v) is 4.14. The van der Waals surface area contributed by atoms with Gasteiger partial charge >= 0.3 is 5.97 Å². The number of esters is 1. The van der Waals surface area contributed by atoms with Crippen LogP contribution in [0.25, 0.3) is 0 Å². The van der Waals surface area contributed by atoms with E-state index in [-0.39, 0.29) is 12.5 Å². The van der Waals surface area contributed by atoms with Crippen LogP contribution < -0.4 is 5.32 Å². The van der Waals surface area contributed by atoms with E-state index in [0.29, 0.717) is 17.0 Å². The highest BCUT2D eigenvalue weighted by Crippen LogP contribution is 2.19. The Labute approximate surface area is 139 Å². The van der Waals surface area contributed by atoms with Gasteiger partial charge in [0.05, 0.1) is 18.5 Å². The maximum Gasteiger partial charge on any atom is 0.341 e. The van der Waals surface area contributed by atoms with Gasteiger partial charge in [-0.25, -0.2) is 4.79 Å². The van der Waals surface area contributed by atoms with Gasteiger partial charge in [0.2, 0.25) is 5.91 Å². The Balaban J connectivity index is 2.13. The smallest absolute Gasteiger partial charge is 0.341 e. The van der Waals surface area contributed by atoms with Crippen LogP contribution in [0.3, 0.4) is 0 Å². The predicted octanol–water partition coefficient (Wildman–Crippen LogP) is 2.65. The van der Waals surface area contributed by atoms with Crippen molar-refractivity contribution in [3.05, 3.63) is 41.2 Å². The molecule has 1 amide bonds. The second-order valence-corrected chi connectivity index (χ2v) is 5.85. The molecule has 0 radical (unpaired) electrons. The molecule has 0 aliphatic heterocycles. The molecular weight excluding hydrogens is 314 g/mol. The molecule has 0 saturated heterocycles. The summed E-state index contributed by atoms with van der Waals surface area (Å²) in [5.41, 5.74) is 2.30. The van der Waals surface area contributed by atoms with Crippen molar-refractivity contribution in [1.29, 1.82) is 0 Å². The molecule has 0 fully saturated rings. The fourth-order valence-electron chi connectivity index (χ4n) is 2.29. The molecule has 0 unspecified atom stereocenters. The summed E-state index contributed by atoms with van der Waals surface area (Å²) in [5, 5.41) is 7.08. The summed E-state index contributed by atoms with van der Waals surface area (Å²) in [7, 11) is 1.32. The summed E-state index contributed by atoms with van der Waals surface area (Å²) in [6, 6.07) is 7.60. The molecule has 122 valence electrons. The molecule has 0 saturated carbocycles. The molecule has 1 aromatic heterocycles. The Kier molecular flexibility index (Phi) is 5.44. The highest BCUT2D eigenvalue weighted by molar-refractivity contribution is 7.98. The molecule has 0 aliphatic carbocycles. The maximum absolute atomic E-state index is 12.2. The van der Waals surface area contributed by atoms with E-state index in [9.17, 15) is 9.59 Å². The second kappa shape index (κ2) is 7.32. The Morgan fingerprint density at radius 2 is 2.09 bits per heavy atom. The number of carbonyl (C=O) groups excluding carboxylic acids is 2. The van der Waals surface area contributed by atoms with E-state index >= 15 is 0 Å². The van der Waals surface area contributed by atoms with Gasteiger partial charge in [-0.1, -0.05) is 6.07 Å². The number of rotatable bonds is 5. The lowest BCUT2D eigenvalue weighted by Gasteiger charge is -2.08. The zero-order valence-corrected chi connectivity index (χ0v) is 14.4. The number of benzene rings is 1. The molecule has 7 heteroatoms. The van der Waals surface area contributed by atoms with Crippen molar-refractivity contribution in [3.63, 3.8) is 0 Å². The quantitative estimate of drug-likeness (QED) is 0.673. The summed E-state index contributed by atoms with van der Waals surface area (Å²) < 4.78 is 6.25. The number of anilines is 1. The van der Waals surface area contributed by atoms with Gasteiger partial charge in [0.1, 0.15) is 12.1 Å². The van der Waals surface area contributed by atoms with Crippen molar-refractivity contribution in [1.82, 2.24) is 9.78 Å². The lowest BCUT2D eigenvalue weighted by atomic mass is 10.2. The number of ether oxygens (including phenoxy) is 1. The number of aromatic nitrogens is 2. The van der Waals surface area contributed by atoms with E-state index in [2.05, 4.69) is 10.4 Å². The summed E-state index contributed by atoms with van der Waals surface area (Å²) in [6.07, 6.45) is 1.98. The Hall–Kier alpha value is -2.28. The van der Waals surface area contributed by atoms with Crippen LogP contribution in [0.15, 0.2) is 29.2 Å². The number of methoxy groups -OCH3 is 1. The molecule has 0 spiro atoms. The van der Waals surface area contributed by atoms with Crippen LogP contribution in [-0.2, 0) is 16.1 Å². The average Bonchev–Trinajstić information content (AvgIpc) is 2.80. The van der Waals surface area contributed by atoms with Crippen molar-refractivity contribution in [3.8, 4) is 0 Å². The number of hydrogen-bond donors (Lipinski definition) is 1. The van der Waals surface area contributed by atoms with Crippen molar-refractivity contribution in [2.24, 2.45) is 0 Å². The predicted molar refractivity (Wildman–Crippen MR) is 89.9 cm³/mol. The van der Waals surface area contributed by atoms with Gasteiger partial charge in [0.15, 0.2) is 0 Å². The van der Waals surface area contributed by atoms with Gasteiger partial charge in [-0.05, 0) is 38.3 Å². The lowest BCUT2D eigenvalue weighted by Crippen LogP contribution is -2.20. The van der Waals surface area contributed by atoms with E-state index in [0.717, 1.165) is 10.6 Å². The van der Waals surface area contributed by atoms with Gasteiger partial charge in [-0.15, -0.1) is 11.8 Å². The summed E-state index contributed by atoms with van der Waals surface area (Å²) in [6.45, 7) is 3.50. The second-order valence-electron chi connectivity index (χ2n) is 4.98. The average molecular weight is 333 g/mol. The first-order valence-electron chi connectivity index (χ1n) is 7.02. The van der Waals surface area contributed by atoms with Crippen molar-refractivity contribution in [2.45, 2.75) is 25.3 Å². The molecule has 2 aromatic rings. The van der Waals surface area contributed by atoms with Crippen LogP contribution in [0.5, 0.6) is 0 Å². The van der Waals surface area contributed by atoms with Crippen LogP contribution in [0, 0.1) is 13.8 Å². The van der Waals surface area contributed by atoms with E-state index in [4.69, 9.17) is 4.74 Å². The van der Waals surface area contributed by atoms with Crippen LogP contribution >= 0.6 is 11.8 Å². The first-order chi connectivity index (χ1) is 11.0. The van der Waals surface area contributed by atoms with E-state index in [1.165, 1.54) is 11.8 Å². The number of amides is 1. The van der Waals surface area contributed by atoms with Gasteiger partial charge in [0.25, 0.3) is 0 Å². The number of carbonyl (C=O) groups is 2. The Morgan fingerprint density at radius 1 is 1.35 bits per heavy atom. The number of nitrogens with one attached hydrogen (secondary N) is 1. The zero-order valence-electron chi connectivity index (χ0n) is 13.5. The van der Waals surface area contributed by atoms with E-state index in [1.807, 2.05) is 30.5 Å². The minimum absolute atomic E-state index is 0.0349. The highest BCUT2D eigenvalue weighted by Gasteiger charge is 2.20.